The molecule has 0 amide bonds. The van der Waals surface area contributed by atoms with E-state index in [-0.39, 0.29) is 11.4 Å². The molecule has 0 radical (unpaired) electrons. The van der Waals surface area contributed by atoms with E-state index in [4.69, 9.17) is 4.98 Å². The lowest BCUT2D eigenvalue weighted by atomic mass is 10.1. The van der Waals surface area contributed by atoms with Gasteiger partial charge in [-0.15, -0.1) is 0 Å². The van der Waals surface area contributed by atoms with Crippen molar-refractivity contribution in [3.63, 3.8) is 0 Å². The number of aromatic amines is 3. The van der Waals surface area contributed by atoms with E-state index in [1.807, 2.05) is 0 Å². The zero-order valence-electron chi connectivity index (χ0n) is 25.4. The molecule has 43 heavy (non-hydrogen) atoms. The molecular formula is C35H38N8. The lowest BCUT2D eigenvalue weighted by Gasteiger charge is -1.99. The minimum absolute atomic E-state index is 0.0346. The van der Waals surface area contributed by atoms with Crippen LogP contribution in [-0.2, 0) is 19.3 Å². The molecule has 8 nitrogen and oxygen atoms in total. The van der Waals surface area contributed by atoms with E-state index in [0.717, 1.165) is 107 Å². The maximum absolute atomic E-state index is 9.90. The number of fused-ring (bicyclic) bond motifs is 10. The summed E-state index contributed by atoms with van der Waals surface area (Å²) in [5.74, 6) is 0. The van der Waals surface area contributed by atoms with Crippen LogP contribution < -0.4 is 0 Å². The Morgan fingerprint density at radius 3 is 1.56 bits per heavy atom. The number of nitriles is 2. The first-order valence-electron chi connectivity index (χ1n) is 15.3. The standard InChI is InChI=1S/C35H38N8/c1-5-9-22-13-28-30-15-24(11-7-3)34(42-30)20-38-32(18-36)33(19-37)39-21-35-25(12-8-4)16-31(43-35)29-14-23(10-6-2)27(41-29)17-26(22)40-28/h13-17,20-21,40,42-43H,5-12H2,1-4H3. The Kier molecular flexibility index (Phi) is 9.17. The molecular weight excluding hydrogens is 532 g/mol. The predicted molar refractivity (Wildman–Crippen MR) is 174 cm³/mol. The Bertz CT molecular complexity index is 1950. The Morgan fingerprint density at radius 2 is 1.05 bits per heavy atom. The van der Waals surface area contributed by atoms with Gasteiger partial charge in [-0.25, -0.2) is 15.0 Å². The van der Waals surface area contributed by atoms with Crippen molar-refractivity contribution in [1.29, 1.82) is 10.5 Å². The molecule has 0 saturated carbocycles. The highest BCUT2D eigenvalue weighted by molar-refractivity contribution is 5.90. The first kappa shape index (κ1) is 29.5. The summed E-state index contributed by atoms with van der Waals surface area (Å²) in [6.07, 6.45) is 13.0. The van der Waals surface area contributed by atoms with Gasteiger partial charge in [0, 0.05) is 5.52 Å². The molecule has 1 aliphatic heterocycles. The molecule has 8 bridgehead atoms. The van der Waals surface area contributed by atoms with Crippen LogP contribution in [0.4, 0.5) is 0 Å². The van der Waals surface area contributed by atoms with Gasteiger partial charge in [0.2, 0.25) is 0 Å². The summed E-state index contributed by atoms with van der Waals surface area (Å²) in [4.78, 5) is 24.6. The normalized spacial score (nSPS) is 11.6. The second-order valence-corrected chi connectivity index (χ2v) is 11.0. The largest absolute Gasteiger partial charge is 0.354 e. The molecule has 0 saturated heterocycles. The van der Waals surface area contributed by atoms with Crippen LogP contribution in [-0.4, -0.2) is 29.9 Å². The van der Waals surface area contributed by atoms with Crippen molar-refractivity contribution >= 4 is 44.7 Å². The van der Waals surface area contributed by atoms with Crippen molar-refractivity contribution in [3.05, 3.63) is 76.1 Å². The molecule has 218 valence electrons. The molecule has 8 heteroatoms. The fourth-order valence-corrected chi connectivity index (χ4v) is 5.64. The van der Waals surface area contributed by atoms with Gasteiger partial charge in [-0.1, -0.05) is 53.4 Å². The minimum Gasteiger partial charge on any atom is -0.354 e. The maximum Gasteiger partial charge on any atom is 0.177 e. The van der Waals surface area contributed by atoms with Crippen LogP contribution in [0.25, 0.3) is 44.7 Å². The van der Waals surface area contributed by atoms with Crippen molar-refractivity contribution < 1.29 is 0 Å². The summed E-state index contributed by atoms with van der Waals surface area (Å²) >= 11 is 0. The lowest BCUT2D eigenvalue weighted by molar-refractivity contribution is 0.930. The first-order valence-corrected chi connectivity index (χ1v) is 15.3. The molecule has 0 atom stereocenters. The highest BCUT2D eigenvalue weighted by atomic mass is 14.8. The van der Waals surface area contributed by atoms with E-state index in [0.29, 0.717) is 0 Å². The lowest BCUT2D eigenvalue weighted by Crippen LogP contribution is -1.89. The van der Waals surface area contributed by atoms with E-state index in [2.05, 4.69) is 95.1 Å². The summed E-state index contributed by atoms with van der Waals surface area (Å²) in [7, 11) is 0. The van der Waals surface area contributed by atoms with Crippen molar-refractivity contribution in [1.82, 2.24) is 29.9 Å². The van der Waals surface area contributed by atoms with Gasteiger partial charge in [0.05, 0.1) is 51.4 Å². The highest BCUT2D eigenvalue weighted by Crippen LogP contribution is 2.30. The third-order valence-electron chi connectivity index (χ3n) is 7.69. The quantitative estimate of drug-likeness (QED) is 0.196. The number of aryl methyl sites for hydroxylation is 3. The van der Waals surface area contributed by atoms with E-state index in [1.165, 1.54) is 11.1 Å². The van der Waals surface area contributed by atoms with Crippen LogP contribution in [0, 0.1) is 22.7 Å². The average Bonchev–Trinajstić information content (AvgIpc) is 3.78. The molecule has 0 fully saturated rings. The molecule has 0 aliphatic carbocycles. The van der Waals surface area contributed by atoms with Crippen LogP contribution >= 0.6 is 0 Å². The van der Waals surface area contributed by atoms with Crippen LogP contribution in [0.1, 0.15) is 99.3 Å². The summed E-state index contributed by atoms with van der Waals surface area (Å²) in [5.41, 5.74) is 12.0. The molecule has 0 aromatic carbocycles. The van der Waals surface area contributed by atoms with Gasteiger partial charge >= 0.3 is 0 Å². The van der Waals surface area contributed by atoms with Gasteiger partial charge in [0.25, 0.3) is 0 Å². The molecule has 4 aromatic heterocycles. The van der Waals surface area contributed by atoms with Gasteiger partial charge in [-0.05, 0) is 78.3 Å². The molecule has 0 spiro atoms. The van der Waals surface area contributed by atoms with Gasteiger partial charge in [-0.2, -0.15) is 10.5 Å². The van der Waals surface area contributed by atoms with Crippen molar-refractivity contribution in [2.45, 2.75) is 79.1 Å². The van der Waals surface area contributed by atoms with Crippen LogP contribution in [0.2, 0.25) is 0 Å². The molecule has 5 heterocycles. The number of hydrogen-bond acceptors (Lipinski definition) is 5. The highest BCUT2D eigenvalue weighted by Gasteiger charge is 2.14. The zero-order chi connectivity index (χ0) is 30.3. The maximum atomic E-state index is 9.90. The summed E-state index contributed by atoms with van der Waals surface area (Å²) in [6, 6.07) is 12.8. The van der Waals surface area contributed by atoms with Crippen molar-refractivity contribution in [2.24, 2.45) is 0 Å². The van der Waals surface area contributed by atoms with Crippen LogP contribution in [0.15, 0.2) is 36.7 Å². The van der Waals surface area contributed by atoms with E-state index >= 15 is 0 Å². The van der Waals surface area contributed by atoms with Crippen molar-refractivity contribution in [2.75, 3.05) is 0 Å². The summed E-state index contributed by atoms with van der Waals surface area (Å²) in [6.45, 7) is 8.65. The fraction of sp³-hybridized carbons (Fsp3) is 0.343. The SMILES string of the molecule is CCCC1=Cc2nc1cc1[nH]c(cc1CCC)c1cc(CCC)c(cnc(C#N)c(C#N)ncc3[nH]c2cc3CCC)[nH]1. The van der Waals surface area contributed by atoms with Gasteiger partial charge in [-0.3, -0.25) is 0 Å². The third-order valence-corrected chi connectivity index (χ3v) is 7.69. The van der Waals surface area contributed by atoms with Gasteiger partial charge in [0.15, 0.2) is 11.4 Å². The number of nitrogens with zero attached hydrogens (tertiary/aromatic N) is 5. The zero-order valence-corrected chi connectivity index (χ0v) is 25.4. The van der Waals surface area contributed by atoms with E-state index in [9.17, 15) is 10.5 Å². The predicted octanol–water partition coefficient (Wildman–Crippen LogP) is 8.38. The Balaban J connectivity index is 1.94. The number of aromatic nitrogens is 6. The minimum atomic E-state index is -0.0362. The van der Waals surface area contributed by atoms with Crippen LogP contribution in [0.3, 0.4) is 0 Å². The molecule has 1 aliphatic rings. The van der Waals surface area contributed by atoms with Gasteiger partial charge in [0.1, 0.15) is 12.1 Å². The smallest absolute Gasteiger partial charge is 0.177 e. The molecule has 4 aromatic rings. The van der Waals surface area contributed by atoms with Gasteiger partial charge < -0.3 is 15.0 Å². The fourth-order valence-electron chi connectivity index (χ4n) is 5.64. The second-order valence-electron chi connectivity index (χ2n) is 11.0. The summed E-state index contributed by atoms with van der Waals surface area (Å²) in [5, 5.41) is 19.8. The summed E-state index contributed by atoms with van der Waals surface area (Å²) < 4.78 is 0. The molecule has 0 unspecified atom stereocenters. The Morgan fingerprint density at radius 1 is 0.581 bits per heavy atom. The van der Waals surface area contributed by atoms with Crippen molar-refractivity contribution in [3.8, 4) is 12.1 Å². The van der Waals surface area contributed by atoms with Crippen LogP contribution in [0.5, 0.6) is 0 Å². The number of hydrogen-bond donors (Lipinski definition) is 3. The van der Waals surface area contributed by atoms with E-state index < -0.39 is 0 Å². The monoisotopic (exact) mass is 570 g/mol. The Hall–Kier alpha value is -4.95. The third kappa shape index (κ3) is 6.29. The molecule has 5 rings (SSSR count). The average molecular weight is 571 g/mol. The Labute approximate surface area is 252 Å². The number of H-pyrrole nitrogens is 3. The number of rotatable bonds is 8. The number of nitrogens with one attached hydrogen (secondary N) is 3. The topological polar surface area (TPSA) is 134 Å². The number of allylic oxidation sites excluding steroid dienone is 1. The second kappa shape index (κ2) is 13.4. The first-order chi connectivity index (χ1) is 21.0. The van der Waals surface area contributed by atoms with E-state index in [1.54, 1.807) is 12.4 Å². The molecule has 3 N–H and O–H groups in total.